The molecule has 0 atom stereocenters. The maximum atomic E-state index is 12.0. The van der Waals surface area contributed by atoms with Crippen LogP contribution in [-0.2, 0) is 6.67 Å². The molecule has 0 nitrogen and oxygen atoms in total. The molecule has 0 aliphatic carbocycles. The molecule has 0 bridgehead atoms. The van der Waals surface area contributed by atoms with Crippen LogP contribution < -0.4 is 0 Å². The molecule has 0 unspecified atom stereocenters. The third kappa shape index (κ3) is 2.54. The van der Waals surface area contributed by atoms with Gasteiger partial charge < -0.3 is 0 Å². The van der Waals surface area contributed by atoms with E-state index in [9.17, 15) is 4.39 Å². The van der Waals surface area contributed by atoms with Crippen LogP contribution in [0.25, 0.3) is 0 Å². The van der Waals surface area contributed by atoms with Crippen LogP contribution in [-0.4, -0.2) is 5.75 Å². The van der Waals surface area contributed by atoms with Crippen molar-refractivity contribution in [3.05, 3.63) is 29.8 Å². The standard InChI is InChI=1S/C9H11FS/c1-2-11-9-5-3-8(7-10)4-6-9/h3-6H,2,7H2,1H3. The number of thioether (sulfide) groups is 1. The van der Waals surface area contributed by atoms with Crippen molar-refractivity contribution >= 4 is 11.8 Å². The smallest absolute Gasteiger partial charge is 0.115 e. The summed E-state index contributed by atoms with van der Waals surface area (Å²) in [4.78, 5) is 1.21. The average molecular weight is 170 g/mol. The molecular formula is C9H11FS. The minimum absolute atomic E-state index is 0.364. The SMILES string of the molecule is CCSc1ccc(CF)cc1. The minimum atomic E-state index is -0.364. The highest BCUT2D eigenvalue weighted by molar-refractivity contribution is 7.99. The van der Waals surface area contributed by atoms with E-state index in [0.717, 1.165) is 11.3 Å². The van der Waals surface area contributed by atoms with Crippen LogP contribution in [0.5, 0.6) is 0 Å². The molecule has 0 heterocycles. The van der Waals surface area contributed by atoms with Gasteiger partial charge in [0.05, 0.1) is 0 Å². The van der Waals surface area contributed by atoms with Gasteiger partial charge in [-0.25, -0.2) is 4.39 Å². The molecule has 0 spiro atoms. The first kappa shape index (κ1) is 8.60. The second kappa shape index (κ2) is 4.39. The monoisotopic (exact) mass is 170 g/mol. The molecule has 1 rings (SSSR count). The first-order valence-electron chi connectivity index (χ1n) is 3.64. The van der Waals surface area contributed by atoms with Crippen molar-refractivity contribution in [1.82, 2.24) is 0 Å². The Morgan fingerprint density at radius 3 is 2.36 bits per heavy atom. The Bertz CT molecular complexity index is 205. The Morgan fingerprint density at radius 2 is 1.91 bits per heavy atom. The highest BCUT2D eigenvalue weighted by Crippen LogP contribution is 2.17. The Balaban J connectivity index is 2.66. The third-order valence-electron chi connectivity index (χ3n) is 1.39. The lowest BCUT2D eigenvalue weighted by molar-refractivity contribution is 0.485. The van der Waals surface area contributed by atoms with Crippen molar-refractivity contribution in [3.63, 3.8) is 0 Å². The van der Waals surface area contributed by atoms with Crippen LogP contribution in [0.3, 0.4) is 0 Å². The Morgan fingerprint density at radius 1 is 1.27 bits per heavy atom. The van der Waals surface area contributed by atoms with Crippen LogP contribution >= 0.6 is 11.8 Å². The van der Waals surface area contributed by atoms with E-state index in [2.05, 4.69) is 6.92 Å². The molecule has 1 aromatic rings. The lowest BCUT2D eigenvalue weighted by atomic mass is 10.2. The van der Waals surface area contributed by atoms with Crippen LogP contribution in [0.15, 0.2) is 29.2 Å². The van der Waals surface area contributed by atoms with Gasteiger partial charge in [0.15, 0.2) is 0 Å². The van der Waals surface area contributed by atoms with Gasteiger partial charge in [0.1, 0.15) is 6.67 Å². The zero-order chi connectivity index (χ0) is 8.10. The molecule has 0 fully saturated rings. The summed E-state index contributed by atoms with van der Waals surface area (Å²) in [6.07, 6.45) is 0. The average Bonchev–Trinajstić information content (AvgIpc) is 2.07. The zero-order valence-electron chi connectivity index (χ0n) is 6.51. The van der Waals surface area contributed by atoms with Crippen molar-refractivity contribution in [2.45, 2.75) is 18.5 Å². The van der Waals surface area contributed by atoms with Crippen molar-refractivity contribution in [1.29, 1.82) is 0 Å². The summed E-state index contributed by atoms with van der Waals surface area (Å²) >= 11 is 1.77. The number of alkyl halides is 1. The topological polar surface area (TPSA) is 0 Å². The molecule has 60 valence electrons. The van der Waals surface area contributed by atoms with Gasteiger partial charge in [-0.3, -0.25) is 0 Å². The summed E-state index contributed by atoms with van der Waals surface area (Å²) in [5.74, 6) is 1.06. The quantitative estimate of drug-likeness (QED) is 0.627. The number of benzene rings is 1. The Kier molecular flexibility index (Phi) is 3.43. The number of hydrogen-bond donors (Lipinski definition) is 0. The fourth-order valence-corrected chi connectivity index (χ4v) is 1.50. The second-order valence-electron chi connectivity index (χ2n) is 2.21. The summed E-state index contributed by atoms with van der Waals surface area (Å²) < 4.78 is 12.0. The molecule has 0 aliphatic heterocycles. The third-order valence-corrected chi connectivity index (χ3v) is 2.28. The molecule has 0 aromatic heterocycles. The Labute approximate surface area is 70.8 Å². The maximum absolute atomic E-state index is 12.0. The number of halogens is 1. The van der Waals surface area contributed by atoms with Crippen LogP contribution in [0.1, 0.15) is 12.5 Å². The molecular weight excluding hydrogens is 159 g/mol. The van der Waals surface area contributed by atoms with E-state index in [-0.39, 0.29) is 6.67 Å². The summed E-state index contributed by atoms with van der Waals surface area (Å²) in [6.45, 7) is 1.74. The highest BCUT2D eigenvalue weighted by atomic mass is 32.2. The first-order chi connectivity index (χ1) is 5.36. The van der Waals surface area contributed by atoms with E-state index >= 15 is 0 Å². The molecule has 0 saturated carbocycles. The van der Waals surface area contributed by atoms with Gasteiger partial charge in [0.2, 0.25) is 0 Å². The van der Waals surface area contributed by atoms with E-state index in [0.29, 0.717) is 0 Å². The fraction of sp³-hybridized carbons (Fsp3) is 0.333. The largest absolute Gasteiger partial charge is 0.246 e. The van der Waals surface area contributed by atoms with Gasteiger partial charge in [-0.1, -0.05) is 19.1 Å². The molecule has 0 amide bonds. The fourth-order valence-electron chi connectivity index (χ4n) is 0.841. The predicted molar refractivity (Wildman–Crippen MR) is 47.7 cm³/mol. The van der Waals surface area contributed by atoms with E-state index in [4.69, 9.17) is 0 Å². The molecule has 1 aromatic carbocycles. The molecule has 2 heteroatoms. The van der Waals surface area contributed by atoms with Crippen LogP contribution in [0, 0.1) is 0 Å². The van der Waals surface area contributed by atoms with Crippen molar-refractivity contribution in [3.8, 4) is 0 Å². The van der Waals surface area contributed by atoms with Gasteiger partial charge >= 0.3 is 0 Å². The van der Waals surface area contributed by atoms with Gasteiger partial charge in [-0.05, 0) is 23.4 Å². The lowest BCUT2D eigenvalue weighted by Crippen LogP contribution is -1.77. The van der Waals surface area contributed by atoms with Gasteiger partial charge in [-0.2, -0.15) is 0 Å². The molecule has 0 radical (unpaired) electrons. The summed E-state index contributed by atoms with van der Waals surface area (Å²) in [6, 6.07) is 7.59. The van der Waals surface area contributed by atoms with E-state index in [1.807, 2.05) is 24.3 Å². The van der Waals surface area contributed by atoms with Crippen molar-refractivity contribution < 1.29 is 4.39 Å². The first-order valence-corrected chi connectivity index (χ1v) is 4.63. The number of rotatable bonds is 3. The predicted octanol–water partition coefficient (Wildman–Crippen LogP) is 3.27. The van der Waals surface area contributed by atoms with Crippen LogP contribution in [0.4, 0.5) is 4.39 Å². The molecule has 0 N–H and O–H groups in total. The maximum Gasteiger partial charge on any atom is 0.115 e. The van der Waals surface area contributed by atoms with Gasteiger partial charge in [0.25, 0.3) is 0 Å². The van der Waals surface area contributed by atoms with E-state index in [1.165, 1.54) is 4.90 Å². The van der Waals surface area contributed by atoms with Gasteiger partial charge in [0, 0.05) is 4.90 Å². The minimum Gasteiger partial charge on any atom is -0.246 e. The van der Waals surface area contributed by atoms with E-state index in [1.54, 1.807) is 11.8 Å². The lowest BCUT2D eigenvalue weighted by Gasteiger charge is -1.98. The summed E-state index contributed by atoms with van der Waals surface area (Å²) in [5, 5.41) is 0. The Hall–Kier alpha value is -0.500. The molecule has 11 heavy (non-hydrogen) atoms. The highest BCUT2D eigenvalue weighted by Gasteiger charge is 1.92. The second-order valence-corrected chi connectivity index (χ2v) is 3.55. The summed E-state index contributed by atoms with van der Waals surface area (Å²) in [5.41, 5.74) is 0.755. The zero-order valence-corrected chi connectivity index (χ0v) is 7.33. The van der Waals surface area contributed by atoms with Crippen molar-refractivity contribution in [2.75, 3.05) is 5.75 Å². The summed E-state index contributed by atoms with van der Waals surface area (Å²) in [7, 11) is 0. The molecule has 0 saturated heterocycles. The van der Waals surface area contributed by atoms with Gasteiger partial charge in [-0.15, -0.1) is 11.8 Å². The number of hydrogen-bond acceptors (Lipinski definition) is 1. The normalized spacial score (nSPS) is 10.0. The van der Waals surface area contributed by atoms with E-state index < -0.39 is 0 Å². The van der Waals surface area contributed by atoms with Crippen LogP contribution in [0.2, 0.25) is 0 Å². The molecule has 0 aliphatic rings. The van der Waals surface area contributed by atoms with Crippen molar-refractivity contribution in [2.24, 2.45) is 0 Å².